The Morgan fingerprint density at radius 2 is 0.825 bits per heavy atom. The molecule has 0 aromatic rings. The van der Waals surface area contributed by atoms with Gasteiger partial charge in [-0.2, -0.15) is 0 Å². The number of hydrogen-bond acceptors (Lipinski definition) is 36. The zero-order valence-electron chi connectivity index (χ0n) is 73.5. The van der Waals surface area contributed by atoms with E-state index in [0.29, 0.717) is 12.8 Å². The van der Waals surface area contributed by atoms with E-state index in [1.54, 1.807) is 6.08 Å². The van der Waals surface area contributed by atoms with Gasteiger partial charge in [-0.1, -0.05) is 206 Å². The van der Waals surface area contributed by atoms with Crippen LogP contribution >= 0.6 is 0 Å². The number of carboxylic acid groups (broad SMARTS) is 1. The second-order valence-electron chi connectivity index (χ2n) is 34.3. The molecule has 4 amide bonds. The van der Waals surface area contributed by atoms with E-state index in [1.165, 1.54) is 135 Å². The molecule has 734 valence electrons. The Morgan fingerprint density at radius 3 is 1.29 bits per heavy atom. The first-order valence-corrected chi connectivity index (χ1v) is 45.8. The van der Waals surface area contributed by atoms with Gasteiger partial charge in [-0.15, -0.1) is 0 Å². The fraction of sp³-hybridized carbons (Fsp3) is 0.918. The molecule has 6 fully saturated rings. The van der Waals surface area contributed by atoms with Gasteiger partial charge >= 0.3 is 5.97 Å². The highest BCUT2D eigenvalue weighted by Crippen LogP contribution is 2.42. The van der Waals surface area contributed by atoms with E-state index in [0.717, 1.165) is 65.2 Å². The molecule has 41 heteroatoms. The highest BCUT2D eigenvalue weighted by Gasteiger charge is 2.63. The summed E-state index contributed by atoms with van der Waals surface area (Å²) in [4.78, 5) is 65.9. The van der Waals surface area contributed by atoms with Crippen LogP contribution in [0.3, 0.4) is 0 Å². The number of carbonyl (C=O) groups excluding carboxylic acids is 4. The van der Waals surface area contributed by atoms with Crippen molar-refractivity contribution in [3.63, 3.8) is 0 Å². The van der Waals surface area contributed by atoms with E-state index >= 15 is 0 Å². The van der Waals surface area contributed by atoms with E-state index < -0.39 is 285 Å². The molecule has 6 saturated heterocycles. The number of hydrogen-bond donors (Lipinski definition) is 24. The molecule has 6 heterocycles. The lowest BCUT2D eigenvalue weighted by atomic mass is 9.88. The van der Waals surface area contributed by atoms with Crippen molar-refractivity contribution in [1.29, 1.82) is 0 Å². The lowest BCUT2D eigenvalue weighted by Crippen LogP contribution is -2.72. The standard InChI is InChI=1S/C85H152N4O37/c1-5-7-9-11-13-15-17-19-20-21-22-23-24-26-28-30-32-34-36-38-59(102)88-50(51(99)37-35-33-31-29-27-25-18-16-14-12-10-8-6-2)47-115-81-70(110)68(108)74(56(43-93)118-81)122-82-71(111)69(109)73(57(44-94)119-82)121-80-63(87-49(4)98)76(66(106)55(42-92)117-80)124-83-72(112)78(75(58(45-95)120-83)123-79-62(86-48(3)97)67(107)65(105)54(41-91)116-79)126-85(84(113)114)39-52(100)61(89-60(103)46-96)77(125-85)64(104)53(101)40-90/h35,37,50-58,61-83,90-96,99-101,104-112H,5-34,36,38-47H2,1-4H3,(H,86,97)(H,87,98)(H,88,102)(H,89,103)(H,113,114)/b37-35+/t50-,51+,52?,53+,54?,55?,56?,57?,58?,61+,62?,63?,64+,65-,66-,67+,68+,69+,70?,71?,72?,73-,74+,75-,76+,77?,78+,79-,80-,81+,82-,83-,85-/m0/s1. The second-order valence-corrected chi connectivity index (χ2v) is 34.3. The first-order valence-electron chi connectivity index (χ1n) is 45.8. The molecule has 41 nitrogen and oxygen atoms in total. The summed E-state index contributed by atoms with van der Waals surface area (Å²) < 4.78 is 72.2. The topological polar surface area (TPSA) is 649 Å². The van der Waals surface area contributed by atoms with Crippen molar-refractivity contribution in [2.75, 3.05) is 52.9 Å². The minimum atomic E-state index is -3.47. The van der Waals surface area contributed by atoms with Crippen molar-refractivity contribution in [1.82, 2.24) is 21.3 Å². The molecule has 0 saturated carbocycles. The van der Waals surface area contributed by atoms with Gasteiger partial charge in [0.2, 0.25) is 23.6 Å². The minimum absolute atomic E-state index is 0.153. The Labute approximate surface area is 737 Å². The first kappa shape index (κ1) is 111. The Bertz CT molecular complexity index is 3050. The van der Waals surface area contributed by atoms with Crippen LogP contribution in [0, 0.1) is 0 Å². The molecule has 0 radical (unpaired) electrons. The fourth-order valence-corrected chi connectivity index (χ4v) is 16.9. The lowest BCUT2D eigenvalue weighted by Gasteiger charge is -2.53. The molecule has 6 rings (SSSR count). The van der Waals surface area contributed by atoms with Crippen molar-refractivity contribution in [3.8, 4) is 0 Å². The largest absolute Gasteiger partial charge is 0.477 e. The highest BCUT2D eigenvalue weighted by molar-refractivity contribution is 5.78. The van der Waals surface area contributed by atoms with Crippen molar-refractivity contribution in [2.45, 2.75) is 441 Å². The third-order valence-corrected chi connectivity index (χ3v) is 24.2. The van der Waals surface area contributed by atoms with Crippen molar-refractivity contribution >= 4 is 29.6 Å². The molecule has 0 aromatic heterocycles. The number of aliphatic carboxylic acids is 1. The Kier molecular flexibility index (Phi) is 51.6. The summed E-state index contributed by atoms with van der Waals surface area (Å²) in [5.74, 6) is -9.18. The third kappa shape index (κ3) is 33.8. The van der Waals surface area contributed by atoms with E-state index in [-0.39, 0.29) is 12.3 Å². The Hall–Kier alpha value is -4.15. The number of rotatable bonds is 61. The number of nitrogens with one attached hydrogen (secondary N) is 4. The van der Waals surface area contributed by atoms with E-state index in [9.17, 15) is 126 Å². The lowest BCUT2D eigenvalue weighted by molar-refractivity contribution is -0.400. The summed E-state index contributed by atoms with van der Waals surface area (Å²) in [6, 6.07) is -6.89. The SMILES string of the molecule is CCCCCCCCCCCCC/C=C/[C@@H](O)[C@H](CO[C@@H]1OC(CO)[C@@H](O[C@@H]2OC(CO)[C@H](O[C@@H]3OC(CO)[C@H](O)[C@H](O[C@@H]4OC(CO)[C@H](O[C@@H]5OC(CO)[C@H](O)[C@H](O)C5NC(C)=O)[C@H](O[C@]5(C(=O)O)CC(O)[C@@H](NC(=O)CO)C([C@H](O)[C@H](O)CO)O5)C4O)C3NC(C)=O)[C@H](O)C2O)[C@H](O)C1O)NC(=O)CCCCCCCCCCCCCCCCCCCCC. The van der Waals surface area contributed by atoms with Crippen LogP contribution in [0.25, 0.3) is 0 Å². The smallest absolute Gasteiger partial charge is 0.364 e. The zero-order valence-corrected chi connectivity index (χ0v) is 73.5. The molecule has 33 atom stereocenters. The number of carboxylic acids is 1. The average Bonchev–Trinajstić information content (AvgIpc) is 0.744. The molecular weight excluding hydrogens is 1670 g/mol. The van der Waals surface area contributed by atoms with Crippen LogP contribution in [-0.2, 0) is 80.8 Å². The molecule has 0 bridgehead atoms. The maximum absolute atomic E-state index is 13.8. The van der Waals surface area contributed by atoms with Crippen LogP contribution < -0.4 is 21.3 Å². The number of ether oxygens (including phenoxy) is 12. The maximum atomic E-state index is 13.8. The summed E-state index contributed by atoms with van der Waals surface area (Å²) in [5, 5.41) is 234. The van der Waals surface area contributed by atoms with Gasteiger partial charge in [0.25, 0.3) is 5.79 Å². The minimum Gasteiger partial charge on any atom is -0.477 e. The van der Waals surface area contributed by atoms with E-state index in [4.69, 9.17) is 56.8 Å². The number of aliphatic hydroxyl groups is 19. The molecule has 0 aromatic carbocycles. The second kappa shape index (κ2) is 58.8. The van der Waals surface area contributed by atoms with Gasteiger partial charge in [0.15, 0.2) is 31.5 Å². The Balaban J connectivity index is 1.16. The monoisotopic (exact) mass is 1820 g/mol. The van der Waals surface area contributed by atoms with Crippen LogP contribution in [0.5, 0.6) is 0 Å². The molecule has 12 unspecified atom stereocenters. The number of carbonyl (C=O) groups is 5. The van der Waals surface area contributed by atoms with E-state index in [2.05, 4.69) is 35.1 Å². The van der Waals surface area contributed by atoms with Crippen molar-refractivity contribution in [3.05, 3.63) is 12.2 Å². The predicted molar refractivity (Wildman–Crippen MR) is 442 cm³/mol. The normalized spacial score (nSPS) is 34.8. The molecule has 126 heavy (non-hydrogen) atoms. The Morgan fingerprint density at radius 1 is 0.421 bits per heavy atom. The molecular formula is C85H152N4O37. The summed E-state index contributed by atoms with van der Waals surface area (Å²) in [7, 11) is 0. The number of unbranched alkanes of at least 4 members (excludes halogenated alkanes) is 29. The molecule has 6 aliphatic heterocycles. The molecule has 0 aliphatic carbocycles. The number of aliphatic hydroxyl groups excluding tert-OH is 19. The van der Waals surface area contributed by atoms with Crippen LogP contribution in [-0.4, -0.2) is 386 Å². The number of allylic oxidation sites excluding steroid dienone is 1. The fourth-order valence-electron chi connectivity index (χ4n) is 16.9. The summed E-state index contributed by atoms with van der Waals surface area (Å²) in [5.41, 5.74) is 0. The van der Waals surface area contributed by atoms with Crippen LogP contribution in [0.4, 0.5) is 0 Å². The van der Waals surface area contributed by atoms with Crippen LogP contribution in [0.15, 0.2) is 12.2 Å². The zero-order chi connectivity index (χ0) is 92.6. The van der Waals surface area contributed by atoms with Crippen molar-refractivity contribution < 1.29 is 183 Å². The van der Waals surface area contributed by atoms with Crippen LogP contribution in [0.2, 0.25) is 0 Å². The van der Waals surface area contributed by atoms with Gasteiger partial charge in [0.1, 0.15) is 147 Å². The molecule has 6 aliphatic rings. The van der Waals surface area contributed by atoms with Gasteiger partial charge in [0, 0.05) is 26.7 Å². The van der Waals surface area contributed by atoms with Gasteiger partial charge in [0.05, 0.1) is 70.5 Å². The predicted octanol–water partition coefficient (Wildman–Crippen LogP) is -2.54. The summed E-state index contributed by atoms with van der Waals surface area (Å²) in [6.45, 7) is -2.27. The van der Waals surface area contributed by atoms with Crippen molar-refractivity contribution in [2.24, 2.45) is 0 Å². The number of amides is 4. The summed E-state index contributed by atoms with van der Waals surface area (Å²) in [6.07, 6.45) is -20.7. The van der Waals surface area contributed by atoms with Gasteiger partial charge < -0.3 is 180 Å². The van der Waals surface area contributed by atoms with Gasteiger partial charge in [-0.25, -0.2) is 4.79 Å². The first-order chi connectivity index (χ1) is 60.4. The quantitative estimate of drug-likeness (QED) is 0.0220. The van der Waals surface area contributed by atoms with Crippen LogP contribution in [0.1, 0.15) is 240 Å². The van der Waals surface area contributed by atoms with Gasteiger partial charge in [-0.3, -0.25) is 19.2 Å². The average molecular weight is 1820 g/mol. The van der Waals surface area contributed by atoms with E-state index in [1.807, 2.05) is 6.08 Å². The van der Waals surface area contributed by atoms with Gasteiger partial charge in [-0.05, 0) is 19.3 Å². The molecule has 0 spiro atoms. The highest BCUT2D eigenvalue weighted by atomic mass is 16.8. The third-order valence-electron chi connectivity index (χ3n) is 24.2. The molecule has 24 N–H and O–H groups in total. The maximum Gasteiger partial charge on any atom is 0.364 e. The summed E-state index contributed by atoms with van der Waals surface area (Å²) >= 11 is 0.